The Balaban J connectivity index is 0.000000932. The van der Waals surface area contributed by atoms with Crippen LogP contribution in [0.5, 0.6) is 0 Å². The summed E-state index contributed by atoms with van der Waals surface area (Å²) < 4.78 is 5.02. The molecule has 1 amide bonds. The lowest BCUT2D eigenvalue weighted by Gasteiger charge is -2.14. The predicted octanol–water partition coefficient (Wildman–Crippen LogP) is 4.66. The summed E-state index contributed by atoms with van der Waals surface area (Å²) in [6.45, 7) is 4.92. The first-order valence-corrected chi connectivity index (χ1v) is 9.39. The molecular formula is C22H21N3O3. The van der Waals surface area contributed by atoms with Crippen LogP contribution in [0, 0.1) is 0 Å². The number of hydrogen-bond donors (Lipinski definition) is 2. The number of carbonyl (C=O) groups is 1. The molecule has 0 aliphatic carbocycles. The zero-order valence-corrected chi connectivity index (χ0v) is 15.8. The van der Waals surface area contributed by atoms with Crippen molar-refractivity contribution in [3.63, 3.8) is 0 Å². The first-order chi connectivity index (χ1) is 13.7. The Bertz CT molecular complexity index is 1220. The number of nitrogens with zero attached hydrogens (tertiary/aromatic N) is 1. The van der Waals surface area contributed by atoms with E-state index in [0.29, 0.717) is 13.2 Å². The lowest BCUT2D eigenvalue weighted by atomic mass is 10.0. The van der Waals surface area contributed by atoms with Gasteiger partial charge in [0.2, 0.25) is 5.56 Å². The molecule has 0 saturated carbocycles. The van der Waals surface area contributed by atoms with Gasteiger partial charge in [-0.25, -0.2) is 4.79 Å². The third-order valence-electron chi connectivity index (χ3n) is 4.73. The first-order valence-electron chi connectivity index (χ1n) is 9.39. The molecule has 5 rings (SSSR count). The molecule has 6 heteroatoms. The second kappa shape index (κ2) is 7.23. The minimum atomic E-state index is -0.344. The molecule has 2 aromatic carbocycles. The third kappa shape index (κ3) is 2.93. The van der Waals surface area contributed by atoms with Crippen LogP contribution in [0.1, 0.15) is 13.8 Å². The Kier molecular flexibility index (Phi) is 4.61. The highest BCUT2D eigenvalue weighted by atomic mass is 16.6. The van der Waals surface area contributed by atoms with Crippen molar-refractivity contribution < 1.29 is 9.53 Å². The molecule has 0 atom stereocenters. The quantitative estimate of drug-likeness (QED) is 0.535. The van der Waals surface area contributed by atoms with Crippen LogP contribution in [0.15, 0.2) is 59.4 Å². The molecule has 142 valence electrons. The summed E-state index contributed by atoms with van der Waals surface area (Å²) in [5.41, 5.74) is 4.88. The molecule has 4 aromatic rings. The minimum Gasteiger partial charge on any atom is -0.447 e. The van der Waals surface area contributed by atoms with Crippen LogP contribution in [0.2, 0.25) is 0 Å². The van der Waals surface area contributed by atoms with Gasteiger partial charge in [-0.05, 0) is 23.8 Å². The number of aromatic nitrogens is 2. The topological polar surface area (TPSA) is 78.2 Å². The van der Waals surface area contributed by atoms with E-state index in [1.165, 1.54) is 0 Å². The van der Waals surface area contributed by atoms with E-state index in [2.05, 4.69) is 9.97 Å². The summed E-state index contributed by atoms with van der Waals surface area (Å²) in [7, 11) is 0. The Labute approximate surface area is 161 Å². The number of cyclic esters (lactones) is 1. The number of rotatable bonds is 2. The summed E-state index contributed by atoms with van der Waals surface area (Å²) in [6.07, 6.45) is -0.344. The van der Waals surface area contributed by atoms with E-state index in [4.69, 9.17) is 4.74 Å². The number of carbonyl (C=O) groups excluding carboxylic acids is 1. The van der Waals surface area contributed by atoms with E-state index < -0.39 is 0 Å². The largest absolute Gasteiger partial charge is 0.447 e. The molecule has 1 fully saturated rings. The number of ether oxygens (including phenoxy) is 1. The molecule has 3 heterocycles. The van der Waals surface area contributed by atoms with Gasteiger partial charge >= 0.3 is 6.09 Å². The van der Waals surface area contributed by atoms with Crippen LogP contribution in [-0.2, 0) is 4.74 Å². The minimum absolute atomic E-state index is 0.164. The monoisotopic (exact) mass is 375 g/mol. The van der Waals surface area contributed by atoms with Crippen LogP contribution >= 0.6 is 0 Å². The summed E-state index contributed by atoms with van der Waals surface area (Å²) in [4.78, 5) is 32.0. The van der Waals surface area contributed by atoms with E-state index in [0.717, 1.165) is 38.8 Å². The van der Waals surface area contributed by atoms with Crippen molar-refractivity contribution in [3.8, 4) is 11.1 Å². The maximum atomic E-state index is 12.3. The van der Waals surface area contributed by atoms with Crippen LogP contribution in [-0.4, -0.2) is 29.2 Å². The van der Waals surface area contributed by atoms with Gasteiger partial charge in [0.05, 0.1) is 17.6 Å². The summed E-state index contributed by atoms with van der Waals surface area (Å²) in [5.74, 6) is 0. The van der Waals surface area contributed by atoms with Gasteiger partial charge in [-0.3, -0.25) is 9.69 Å². The number of H-pyrrole nitrogens is 2. The van der Waals surface area contributed by atoms with E-state index >= 15 is 0 Å². The van der Waals surface area contributed by atoms with E-state index in [-0.39, 0.29) is 11.7 Å². The van der Waals surface area contributed by atoms with Crippen molar-refractivity contribution in [2.45, 2.75) is 13.8 Å². The lowest BCUT2D eigenvalue weighted by Crippen LogP contribution is -2.23. The molecule has 2 N–H and O–H groups in total. The van der Waals surface area contributed by atoms with Crippen molar-refractivity contribution in [2.75, 3.05) is 18.1 Å². The fraction of sp³-hybridized carbons (Fsp3) is 0.182. The molecule has 0 unspecified atom stereocenters. The lowest BCUT2D eigenvalue weighted by molar-refractivity contribution is 0.181. The highest BCUT2D eigenvalue weighted by Gasteiger charge is 2.24. The van der Waals surface area contributed by atoms with Crippen molar-refractivity contribution in [2.24, 2.45) is 0 Å². The standard InChI is InChI=1S/C20H15N3O3.C2H6/c24-17-11-15(19-18(22-17)14-6-1-2-7-16(14)21-19)12-4-3-5-13(10-12)23-8-9-26-20(23)25;1-2/h1-7,10-11,21H,8-9H2,(H,22,24);1-2H3. The Morgan fingerprint density at radius 2 is 1.75 bits per heavy atom. The van der Waals surface area contributed by atoms with Crippen LogP contribution in [0.3, 0.4) is 0 Å². The number of anilines is 1. The van der Waals surface area contributed by atoms with Gasteiger partial charge < -0.3 is 14.7 Å². The first kappa shape index (κ1) is 17.9. The molecule has 1 saturated heterocycles. The van der Waals surface area contributed by atoms with Gasteiger partial charge in [0, 0.05) is 28.2 Å². The van der Waals surface area contributed by atoms with Crippen LogP contribution in [0.25, 0.3) is 33.1 Å². The van der Waals surface area contributed by atoms with Gasteiger partial charge in [-0.1, -0.05) is 44.2 Å². The summed E-state index contributed by atoms with van der Waals surface area (Å²) in [5, 5.41) is 0.973. The number of benzene rings is 2. The number of nitrogens with one attached hydrogen (secondary N) is 2. The molecule has 0 spiro atoms. The van der Waals surface area contributed by atoms with Crippen LogP contribution < -0.4 is 10.5 Å². The molecule has 6 nitrogen and oxygen atoms in total. The van der Waals surface area contributed by atoms with E-state index in [1.54, 1.807) is 11.0 Å². The molecular weight excluding hydrogens is 354 g/mol. The Morgan fingerprint density at radius 3 is 2.54 bits per heavy atom. The van der Waals surface area contributed by atoms with Crippen LogP contribution in [0.4, 0.5) is 10.5 Å². The maximum absolute atomic E-state index is 12.3. The van der Waals surface area contributed by atoms with E-state index in [1.807, 2.05) is 62.4 Å². The van der Waals surface area contributed by atoms with Crippen molar-refractivity contribution in [3.05, 3.63) is 65.0 Å². The maximum Gasteiger partial charge on any atom is 0.414 e. The SMILES string of the molecule is CC.O=C1OCCN1c1cccc(-c2cc(=O)[nH]c3c2[nH]c2ccccc23)c1. The zero-order chi connectivity index (χ0) is 19.7. The summed E-state index contributed by atoms with van der Waals surface area (Å²) >= 11 is 0. The predicted molar refractivity (Wildman–Crippen MR) is 112 cm³/mol. The number of fused-ring (bicyclic) bond motifs is 3. The number of pyridine rings is 1. The Morgan fingerprint density at radius 1 is 0.929 bits per heavy atom. The van der Waals surface area contributed by atoms with Crippen molar-refractivity contribution in [1.82, 2.24) is 9.97 Å². The number of para-hydroxylation sites is 1. The number of amides is 1. The molecule has 2 aromatic heterocycles. The van der Waals surface area contributed by atoms with Crippen molar-refractivity contribution in [1.29, 1.82) is 0 Å². The fourth-order valence-electron chi connectivity index (χ4n) is 3.53. The Hall–Kier alpha value is -3.54. The summed E-state index contributed by atoms with van der Waals surface area (Å²) in [6, 6.07) is 17.0. The average Bonchev–Trinajstić information content (AvgIpc) is 3.32. The number of aromatic amines is 2. The normalized spacial score (nSPS) is 13.5. The van der Waals surface area contributed by atoms with Gasteiger partial charge in [-0.2, -0.15) is 0 Å². The highest BCUT2D eigenvalue weighted by Crippen LogP contribution is 2.32. The number of hydrogen-bond acceptors (Lipinski definition) is 3. The fourth-order valence-corrected chi connectivity index (χ4v) is 3.53. The third-order valence-corrected chi connectivity index (χ3v) is 4.73. The van der Waals surface area contributed by atoms with Gasteiger partial charge in [0.15, 0.2) is 0 Å². The molecule has 0 bridgehead atoms. The highest BCUT2D eigenvalue weighted by molar-refractivity contribution is 6.09. The van der Waals surface area contributed by atoms with Gasteiger partial charge in [0.1, 0.15) is 6.61 Å². The second-order valence-electron chi connectivity index (χ2n) is 6.28. The average molecular weight is 375 g/mol. The van der Waals surface area contributed by atoms with Crippen molar-refractivity contribution >= 4 is 33.7 Å². The molecule has 0 radical (unpaired) electrons. The van der Waals surface area contributed by atoms with E-state index in [9.17, 15) is 9.59 Å². The molecule has 1 aliphatic heterocycles. The molecule has 1 aliphatic rings. The van der Waals surface area contributed by atoms with Gasteiger partial charge in [-0.15, -0.1) is 0 Å². The zero-order valence-electron chi connectivity index (χ0n) is 15.8. The second-order valence-corrected chi connectivity index (χ2v) is 6.28. The smallest absolute Gasteiger partial charge is 0.414 e. The van der Waals surface area contributed by atoms with Gasteiger partial charge in [0.25, 0.3) is 0 Å². The molecule has 28 heavy (non-hydrogen) atoms.